The Kier molecular flexibility index (Phi) is 4.46. The minimum atomic E-state index is -0.683. The summed E-state index contributed by atoms with van der Waals surface area (Å²) in [6.45, 7) is 1.68. The van der Waals surface area contributed by atoms with Gasteiger partial charge < -0.3 is 11.1 Å². The van der Waals surface area contributed by atoms with Gasteiger partial charge in [-0.05, 0) is 6.92 Å². The molecule has 0 spiro atoms. The fraction of sp³-hybridized carbons (Fsp3) is 0.571. The van der Waals surface area contributed by atoms with E-state index in [1.54, 1.807) is 6.07 Å². The maximum absolute atomic E-state index is 10.9. The van der Waals surface area contributed by atoms with E-state index in [9.17, 15) is 9.59 Å². The standard InChI is InChI=1S/C7H11N3O2/c1-5(4-8)7(12)10-3-2-6(9)11/h5H,2-3H2,1H3,(H2,9,11)(H,10,12). The van der Waals surface area contributed by atoms with Crippen LogP contribution >= 0.6 is 0 Å². The van der Waals surface area contributed by atoms with Crippen LogP contribution in [0.1, 0.15) is 13.3 Å². The number of amides is 2. The fourth-order valence-corrected chi connectivity index (χ4v) is 0.521. The molecule has 0 aromatic rings. The molecule has 0 saturated heterocycles. The number of hydrogen-bond acceptors (Lipinski definition) is 3. The van der Waals surface area contributed by atoms with Gasteiger partial charge in [0.05, 0.1) is 6.07 Å². The van der Waals surface area contributed by atoms with Gasteiger partial charge in [0, 0.05) is 13.0 Å². The highest BCUT2D eigenvalue weighted by atomic mass is 16.2. The summed E-state index contributed by atoms with van der Waals surface area (Å²) in [6.07, 6.45) is 0.101. The number of primary amides is 1. The van der Waals surface area contributed by atoms with Crippen molar-refractivity contribution >= 4 is 11.8 Å². The molecule has 0 aliphatic heterocycles. The van der Waals surface area contributed by atoms with Crippen molar-refractivity contribution in [3.63, 3.8) is 0 Å². The zero-order valence-electron chi connectivity index (χ0n) is 6.83. The molecular formula is C7H11N3O2. The molecule has 0 rings (SSSR count). The van der Waals surface area contributed by atoms with Crippen LogP contribution in [0.2, 0.25) is 0 Å². The van der Waals surface area contributed by atoms with Crippen LogP contribution in [-0.4, -0.2) is 18.4 Å². The van der Waals surface area contributed by atoms with E-state index in [0.717, 1.165) is 0 Å². The van der Waals surface area contributed by atoms with Gasteiger partial charge in [-0.2, -0.15) is 5.26 Å². The SMILES string of the molecule is CC(C#N)C(=O)NCCC(N)=O. The van der Waals surface area contributed by atoms with Crippen molar-refractivity contribution in [1.29, 1.82) is 5.26 Å². The summed E-state index contributed by atoms with van der Waals surface area (Å²) in [7, 11) is 0. The summed E-state index contributed by atoms with van der Waals surface area (Å²) in [4.78, 5) is 21.1. The van der Waals surface area contributed by atoms with E-state index in [-0.39, 0.29) is 18.9 Å². The second-order valence-electron chi connectivity index (χ2n) is 2.36. The lowest BCUT2D eigenvalue weighted by Gasteiger charge is -2.03. The minimum Gasteiger partial charge on any atom is -0.370 e. The van der Waals surface area contributed by atoms with Crippen molar-refractivity contribution in [3.05, 3.63) is 0 Å². The summed E-state index contributed by atoms with van der Waals surface area (Å²) in [5.74, 6) is -1.53. The van der Waals surface area contributed by atoms with Crippen LogP contribution in [0.25, 0.3) is 0 Å². The molecule has 66 valence electrons. The first-order valence-corrected chi connectivity index (χ1v) is 3.53. The van der Waals surface area contributed by atoms with E-state index in [2.05, 4.69) is 5.32 Å². The maximum Gasteiger partial charge on any atom is 0.237 e. The Morgan fingerprint density at radius 3 is 2.67 bits per heavy atom. The second-order valence-corrected chi connectivity index (χ2v) is 2.36. The third kappa shape index (κ3) is 4.28. The number of nitrogens with one attached hydrogen (secondary N) is 1. The first-order chi connectivity index (χ1) is 5.57. The second kappa shape index (κ2) is 5.13. The molecule has 3 N–H and O–H groups in total. The van der Waals surface area contributed by atoms with Gasteiger partial charge in [-0.3, -0.25) is 9.59 Å². The first-order valence-electron chi connectivity index (χ1n) is 3.53. The molecular weight excluding hydrogens is 158 g/mol. The van der Waals surface area contributed by atoms with Gasteiger partial charge in [-0.25, -0.2) is 0 Å². The van der Waals surface area contributed by atoms with E-state index in [1.165, 1.54) is 6.92 Å². The van der Waals surface area contributed by atoms with E-state index < -0.39 is 11.8 Å². The molecule has 5 heteroatoms. The van der Waals surface area contributed by atoms with Crippen molar-refractivity contribution in [2.45, 2.75) is 13.3 Å². The molecule has 1 atom stereocenters. The first kappa shape index (κ1) is 10.4. The number of nitrogens with two attached hydrogens (primary N) is 1. The number of nitriles is 1. The summed E-state index contributed by atoms with van der Waals surface area (Å²) in [6, 6.07) is 1.77. The zero-order valence-corrected chi connectivity index (χ0v) is 6.83. The molecule has 0 aliphatic rings. The molecule has 0 aromatic heterocycles. The third-order valence-corrected chi connectivity index (χ3v) is 1.26. The predicted molar refractivity (Wildman–Crippen MR) is 41.6 cm³/mol. The van der Waals surface area contributed by atoms with Crippen LogP contribution in [0.4, 0.5) is 0 Å². The van der Waals surface area contributed by atoms with Crippen LogP contribution in [0.5, 0.6) is 0 Å². The Bertz CT molecular complexity index is 219. The summed E-state index contributed by atoms with van der Waals surface area (Å²) in [5, 5.41) is 10.7. The van der Waals surface area contributed by atoms with Crippen LogP contribution < -0.4 is 11.1 Å². The molecule has 2 amide bonds. The maximum atomic E-state index is 10.9. The molecule has 0 bridgehead atoms. The number of carbonyl (C=O) groups excluding carboxylic acids is 2. The lowest BCUT2D eigenvalue weighted by Crippen LogP contribution is -2.31. The van der Waals surface area contributed by atoms with Crippen molar-refractivity contribution in [2.24, 2.45) is 11.7 Å². The lowest BCUT2D eigenvalue weighted by molar-refractivity contribution is -0.123. The summed E-state index contributed by atoms with van der Waals surface area (Å²) >= 11 is 0. The quantitative estimate of drug-likeness (QED) is 0.573. The molecule has 0 aromatic carbocycles. The van der Waals surface area contributed by atoms with E-state index >= 15 is 0 Å². The highest BCUT2D eigenvalue weighted by molar-refractivity contribution is 5.81. The average molecular weight is 169 g/mol. The Morgan fingerprint density at radius 1 is 1.67 bits per heavy atom. The van der Waals surface area contributed by atoms with Crippen molar-refractivity contribution in [1.82, 2.24) is 5.32 Å². The number of rotatable bonds is 4. The smallest absolute Gasteiger partial charge is 0.237 e. The molecule has 0 heterocycles. The van der Waals surface area contributed by atoms with Crippen LogP contribution in [-0.2, 0) is 9.59 Å². The normalized spacial score (nSPS) is 11.3. The summed E-state index contributed by atoms with van der Waals surface area (Å²) in [5.41, 5.74) is 4.83. The van der Waals surface area contributed by atoms with Gasteiger partial charge >= 0.3 is 0 Å². The topological polar surface area (TPSA) is 96.0 Å². The minimum absolute atomic E-state index is 0.101. The van der Waals surface area contributed by atoms with E-state index in [4.69, 9.17) is 11.0 Å². The van der Waals surface area contributed by atoms with Gasteiger partial charge in [0.2, 0.25) is 11.8 Å². The monoisotopic (exact) mass is 169 g/mol. The third-order valence-electron chi connectivity index (χ3n) is 1.26. The van der Waals surface area contributed by atoms with E-state index in [0.29, 0.717) is 0 Å². The zero-order chi connectivity index (χ0) is 9.56. The Hall–Kier alpha value is -1.57. The Balaban J connectivity index is 3.59. The molecule has 0 saturated carbocycles. The van der Waals surface area contributed by atoms with Gasteiger partial charge in [-0.15, -0.1) is 0 Å². The van der Waals surface area contributed by atoms with Crippen molar-refractivity contribution in [2.75, 3.05) is 6.54 Å². The van der Waals surface area contributed by atoms with Crippen LogP contribution in [0.15, 0.2) is 0 Å². The fourth-order valence-electron chi connectivity index (χ4n) is 0.521. The molecule has 1 unspecified atom stereocenters. The van der Waals surface area contributed by atoms with E-state index in [1.807, 2.05) is 0 Å². The van der Waals surface area contributed by atoms with Crippen molar-refractivity contribution in [3.8, 4) is 6.07 Å². The average Bonchev–Trinajstić information content (AvgIpc) is 2.02. The Morgan fingerprint density at radius 2 is 2.25 bits per heavy atom. The lowest BCUT2D eigenvalue weighted by atomic mass is 10.2. The predicted octanol–water partition coefficient (Wildman–Crippen LogP) is -0.862. The van der Waals surface area contributed by atoms with Crippen molar-refractivity contribution < 1.29 is 9.59 Å². The number of nitrogens with zero attached hydrogens (tertiary/aromatic N) is 1. The van der Waals surface area contributed by atoms with Crippen LogP contribution in [0.3, 0.4) is 0 Å². The molecule has 5 nitrogen and oxygen atoms in total. The van der Waals surface area contributed by atoms with Gasteiger partial charge in [0.1, 0.15) is 5.92 Å². The summed E-state index contributed by atoms with van der Waals surface area (Å²) < 4.78 is 0. The number of hydrogen-bond donors (Lipinski definition) is 2. The molecule has 0 radical (unpaired) electrons. The van der Waals surface area contributed by atoms with Crippen LogP contribution in [0, 0.1) is 17.2 Å². The van der Waals surface area contributed by atoms with Gasteiger partial charge in [0.25, 0.3) is 0 Å². The Labute approximate surface area is 70.5 Å². The largest absolute Gasteiger partial charge is 0.370 e. The highest BCUT2D eigenvalue weighted by Crippen LogP contribution is 1.90. The number of carbonyl (C=O) groups is 2. The molecule has 0 aliphatic carbocycles. The highest BCUT2D eigenvalue weighted by Gasteiger charge is 2.10. The molecule has 0 fully saturated rings. The van der Waals surface area contributed by atoms with Gasteiger partial charge in [-0.1, -0.05) is 0 Å². The molecule has 12 heavy (non-hydrogen) atoms. The van der Waals surface area contributed by atoms with Gasteiger partial charge in [0.15, 0.2) is 0 Å².